The summed E-state index contributed by atoms with van der Waals surface area (Å²) in [6.07, 6.45) is 3.90. The van der Waals surface area contributed by atoms with Crippen molar-refractivity contribution >= 4 is 34.6 Å². The molecule has 0 unspecified atom stereocenters. The number of halogens is 1. The van der Waals surface area contributed by atoms with Gasteiger partial charge in [0, 0.05) is 16.3 Å². The molecule has 2 aromatic carbocycles. The second-order valence-corrected chi connectivity index (χ2v) is 8.11. The fourth-order valence-corrected chi connectivity index (χ4v) is 4.16. The summed E-state index contributed by atoms with van der Waals surface area (Å²) >= 11 is 11.8. The highest BCUT2D eigenvalue weighted by Crippen LogP contribution is 2.23. The maximum Gasteiger partial charge on any atom is 0.171 e. The van der Waals surface area contributed by atoms with Crippen molar-refractivity contribution in [2.24, 2.45) is 0 Å². The molecule has 150 valence electrons. The second-order valence-electron chi connectivity index (χ2n) is 7.29. The number of nitrogens with one attached hydrogen (secondary N) is 3. The molecule has 0 amide bonds. The van der Waals surface area contributed by atoms with E-state index in [2.05, 4.69) is 22.8 Å². The molecule has 0 saturated carbocycles. The minimum Gasteiger partial charge on any atom is -0.497 e. The van der Waals surface area contributed by atoms with Crippen molar-refractivity contribution in [1.29, 1.82) is 0 Å². The standard InChI is InChI=1S/C22H28ClN3OS/c1-16-19(23)7-6-8-20(16)25-22(28)24-15-21(26-13-4-3-5-14-26)17-9-11-18(27-2)12-10-17/h6-12,21H,3-5,13-15H2,1-2H3,(H2,24,25,28)/p+1/t21-/m1/s1. The quantitative estimate of drug-likeness (QED) is 0.624. The molecule has 0 spiro atoms. The Labute approximate surface area is 178 Å². The number of rotatable bonds is 6. The Balaban J connectivity index is 1.68. The number of quaternary nitrogens is 1. The van der Waals surface area contributed by atoms with Crippen LogP contribution < -0.4 is 20.3 Å². The third kappa shape index (κ3) is 5.37. The van der Waals surface area contributed by atoms with Crippen molar-refractivity contribution in [3.8, 4) is 5.75 Å². The van der Waals surface area contributed by atoms with Crippen LogP contribution >= 0.6 is 23.8 Å². The van der Waals surface area contributed by atoms with Gasteiger partial charge in [-0.2, -0.15) is 0 Å². The van der Waals surface area contributed by atoms with Crippen LogP contribution in [0.5, 0.6) is 5.75 Å². The lowest BCUT2D eigenvalue weighted by molar-refractivity contribution is -0.934. The number of piperidine rings is 1. The third-order valence-corrected chi connectivity index (χ3v) is 6.15. The van der Waals surface area contributed by atoms with Crippen molar-refractivity contribution in [2.45, 2.75) is 32.2 Å². The van der Waals surface area contributed by atoms with Crippen LogP contribution in [0.1, 0.15) is 36.4 Å². The molecule has 1 heterocycles. The zero-order chi connectivity index (χ0) is 19.9. The normalized spacial score (nSPS) is 15.7. The first-order valence-electron chi connectivity index (χ1n) is 9.87. The summed E-state index contributed by atoms with van der Waals surface area (Å²) in [5, 5.41) is 8.08. The van der Waals surface area contributed by atoms with Crippen molar-refractivity contribution in [3.63, 3.8) is 0 Å². The van der Waals surface area contributed by atoms with E-state index in [4.69, 9.17) is 28.6 Å². The van der Waals surface area contributed by atoms with E-state index in [0.29, 0.717) is 11.2 Å². The highest BCUT2D eigenvalue weighted by Gasteiger charge is 2.26. The SMILES string of the molecule is COc1ccc([C@@H](CNC(=S)Nc2cccc(Cl)c2C)[NH+]2CCCCC2)cc1. The fraction of sp³-hybridized carbons (Fsp3) is 0.409. The first-order chi connectivity index (χ1) is 13.6. The van der Waals surface area contributed by atoms with Gasteiger partial charge in [-0.05, 0) is 80.4 Å². The Hall–Kier alpha value is -1.82. The van der Waals surface area contributed by atoms with E-state index >= 15 is 0 Å². The smallest absolute Gasteiger partial charge is 0.171 e. The van der Waals surface area contributed by atoms with Crippen LogP contribution in [0.2, 0.25) is 5.02 Å². The highest BCUT2D eigenvalue weighted by atomic mass is 35.5. The Morgan fingerprint density at radius 3 is 2.54 bits per heavy atom. The number of ether oxygens (including phenoxy) is 1. The van der Waals surface area contributed by atoms with Gasteiger partial charge >= 0.3 is 0 Å². The summed E-state index contributed by atoms with van der Waals surface area (Å²) in [4.78, 5) is 1.62. The first kappa shape index (κ1) is 20.9. The molecule has 0 aliphatic carbocycles. The largest absolute Gasteiger partial charge is 0.497 e. The molecule has 0 bridgehead atoms. The van der Waals surface area contributed by atoms with Gasteiger partial charge < -0.3 is 20.3 Å². The van der Waals surface area contributed by atoms with E-state index in [1.54, 1.807) is 12.0 Å². The van der Waals surface area contributed by atoms with E-state index in [1.807, 2.05) is 37.3 Å². The minimum atomic E-state index is 0.353. The lowest BCUT2D eigenvalue weighted by Crippen LogP contribution is -3.13. The van der Waals surface area contributed by atoms with Crippen LogP contribution in [0.25, 0.3) is 0 Å². The molecule has 3 rings (SSSR count). The number of benzene rings is 2. The maximum atomic E-state index is 6.21. The van der Waals surface area contributed by atoms with E-state index in [9.17, 15) is 0 Å². The maximum absolute atomic E-state index is 6.21. The number of likely N-dealkylation sites (tertiary alicyclic amines) is 1. The molecule has 0 aromatic heterocycles. The molecule has 1 atom stereocenters. The van der Waals surface area contributed by atoms with Crippen molar-refractivity contribution in [3.05, 3.63) is 58.6 Å². The van der Waals surface area contributed by atoms with Crippen LogP contribution in [0.4, 0.5) is 5.69 Å². The summed E-state index contributed by atoms with van der Waals surface area (Å²) in [6.45, 7) is 5.18. The van der Waals surface area contributed by atoms with Crippen LogP contribution in [0.15, 0.2) is 42.5 Å². The Morgan fingerprint density at radius 2 is 1.86 bits per heavy atom. The van der Waals surface area contributed by atoms with Gasteiger partial charge in [0.2, 0.25) is 0 Å². The summed E-state index contributed by atoms with van der Waals surface area (Å²) in [7, 11) is 1.70. The lowest BCUT2D eigenvalue weighted by atomic mass is 10.0. The average molecular weight is 419 g/mol. The lowest BCUT2D eigenvalue weighted by Gasteiger charge is -2.32. The van der Waals surface area contributed by atoms with Crippen LogP contribution in [0.3, 0.4) is 0 Å². The fourth-order valence-electron chi connectivity index (χ4n) is 3.79. The van der Waals surface area contributed by atoms with E-state index in [0.717, 1.165) is 28.6 Å². The second kappa shape index (κ2) is 10.1. The minimum absolute atomic E-state index is 0.353. The van der Waals surface area contributed by atoms with Gasteiger partial charge in [0.15, 0.2) is 5.11 Å². The average Bonchev–Trinajstić information content (AvgIpc) is 2.73. The molecule has 4 nitrogen and oxygen atoms in total. The van der Waals surface area contributed by atoms with Crippen LogP contribution in [-0.4, -0.2) is 31.9 Å². The zero-order valence-corrected chi connectivity index (χ0v) is 18.1. The highest BCUT2D eigenvalue weighted by molar-refractivity contribution is 7.80. The summed E-state index contributed by atoms with van der Waals surface area (Å²) in [6, 6.07) is 14.6. The molecular formula is C22H29ClN3OS+. The van der Waals surface area contributed by atoms with E-state index < -0.39 is 0 Å². The van der Waals surface area contributed by atoms with Gasteiger partial charge in [-0.25, -0.2) is 0 Å². The molecule has 1 aliphatic rings. The van der Waals surface area contributed by atoms with Gasteiger partial charge in [0.1, 0.15) is 11.8 Å². The van der Waals surface area contributed by atoms with E-state index in [-0.39, 0.29) is 0 Å². The number of anilines is 1. The molecule has 28 heavy (non-hydrogen) atoms. The summed E-state index contributed by atoms with van der Waals surface area (Å²) in [5.74, 6) is 0.887. The van der Waals surface area contributed by atoms with Gasteiger partial charge in [-0.15, -0.1) is 0 Å². The van der Waals surface area contributed by atoms with Gasteiger partial charge in [-0.3, -0.25) is 0 Å². The number of methoxy groups -OCH3 is 1. The van der Waals surface area contributed by atoms with Crippen LogP contribution in [-0.2, 0) is 0 Å². The number of hydrogen-bond acceptors (Lipinski definition) is 2. The Morgan fingerprint density at radius 1 is 1.14 bits per heavy atom. The molecule has 1 fully saturated rings. The topological polar surface area (TPSA) is 37.7 Å². The third-order valence-electron chi connectivity index (χ3n) is 5.49. The van der Waals surface area contributed by atoms with Gasteiger partial charge in [0.05, 0.1) is 26.7 Å². The first-order valence-corrected chi connectivity index (χ1v) is 10.7. The molecule has 0 radical (unpaired) electrons. The summed E-state index contributed by atoms with van der Waals surface area (Å²) in [5.41, 5.74) is 3.25. The number of hydrogen-bond donors (Lipinski definition) is 3. The molecule has 1 aliphatic heterocycles. The zero-order valence-electron chi connectivity index (χ0n) is 16.6. The van der Waals surface area contributed by atoms with Crippen molar-refractivity contribution in [1.82, 2.24) is 5.32 Å². The monoisotopic (exact) mass is 418 g/mol. The van der Waals surface area contributed by atoms with Crippen molar-refractivity contribution in [2.75, 3.05) is 32.1 Å². The predicted molar refractivity (Wildman–Crippen MR) is 121 cm³/mol. The Kier molecular flexibility index (Phi) is 7.54. The van der Waals surface area contributed by atoms with E-state index in [1.165, 1.54) is 37.9 Å². The molecular weight excluding hydrogens is 390 g/mol. The summed E-state index contributed by atoms with van der Waals surface area (Å²) < 4.78 is 5.32. The molecule has 3 N–H and O–H groups in total. The molecule has 2 aromatic rings. The molecule has 6 heteroatoms. The van der Waals surface area contributed by atoms with Crippen LogP contribution in [0, 0.1) is 6.92 Å². The molecule has 1 saturated heterocycles. The van der Waals surface area contributed by atoms with Gasteiger partial charge in [0.25, 0.3) is 0 Å². The number of thiocarbonyl (C=S) groups is 1. The van der Waals surface area contributed by atoms with Gasteiger partial charge in [-0.1, -0.05) is 17.7 Å². The Bertz CT molecular complexity index is 791. The van der Waals surface area contributed by atoms with Crippen molar-refractivity contribution < 1.29 is 9.64 Å². The predicted octanol–water partition coefficient (Wildman–Crippen LogP) is 3.75.